The first-order valence-electron chi connectivity index (χ1n) is 8.10. The van der Waals surface area contributed by atoms with E-state index in [1.54, 1.807) is 12.1 Å². The van der Waals surface area contributed by atoms with E-state index in [2.05, 4.69) is 33.1 Å². The molecule has 3 rings (SSSR count). The third-order valence-corrected chi connectivity index (χ3v) is 5.62. The lowest BCUT2D eigenvalue weighted by atomic mass is 9.79. The predicted octanol–water partition coefficient (Wildman–Crippen LogP) is 4.48. The summed E-state index contributed by atoms with van der Waals surface area (Å²) in [7, 11) is 0. The summed E-state index contributed by atoms with van der Waals surface area (Å²) in [6.45, 7) is 4.08. The highest BCUT2D eigenvalue weighted by Gasteiger charge is 2.40. The van der Waals surface area contributed by atoms with Gasteiger partial charge in [0, 0.05) is 29.1 Å². The van der Waals surface area contributed by atoms with Crippen LogP contribution in [-0.2, 0) is 0 Å². The van der Waals surface area contributed by atoms with Gasteiger partial charge in [-0.15, -0.1) is 0 Å². The maximum Gasteiger partial charge on any atom is 0.146 e. The van der Waals surface area contributed by atoms with Crippen LogP contribution < -0.4 is 10.2 Å². The average Bonchev–Trinajstić information content (AvgIpc) is 2.50. The first kappa shape index (κ1) is 15.3. The third-order valence-electron chi connectivity index (χ3n) is 5.13. The summed E-state index contributed by atoms with van der Waals surface area (Å²) < 4.78 is 15.3. The van der Waals surface area contributed by atoms with Gasteiger partial charge in [0.1, 0.15) is 5.82 Å². The number of hydrogen-bond acceptors (Lipinski definition) is 2. The van der Waals surface area contributed by atoms with Gasteiger partial charge >= 0.3 is 0 Å². The molecule has 1 aliphatic carbocycles. The number of rotatable bonds is 2. The van der Waals surface area contributed by atoms with E-state index in [-0.39, 0.29) is 11.4 Å². The topological polar surface area (TPSA) is 15.3 Å². The summed E-state index contributed by atoms with van der Waals surface area (Å²) in [5.41, 5.74) is 0.946. The molecule has 1 N–H and O–H groups in total. The molecule has 1 aromatic rings. The van der Waals surface area contributed by atoms with Crippen molar-refractivity contribution in [2.75, 3.05) is 18.0 Å². The van der Waals surface area contributed by atoms with Gasteiger partial charge in [0.15, 0.2) is 0 Å². The molecule has 1 saturated carbocycles. The van der Waals surface area contributed by atoms with Crippen LogP contribution in [0.2, 0.25) is 0 Å². The van der Waals surface area contributed by atoms with Crippen LogP contribution in [0.3, 0.4) is 0 Å². The number of nitrogens with zero attached hydrogens (tertiary/aromatic N) is 1. The highest BCUT2D eigenvalue weighted by Crippen LogP contribution is 2.36. The largest absolute Gasteiger partial charge is 0.363 e. The van der Waals surface area contributed by atoms with E-state index in [9.17, 15) is 4.39 Å². The number of hydrogen-bond donors (Lipinski definition) is 1. The quantitative estimate of drug-likeness (QED) is 0.842. The summed E-state index contributed by atoms with van der Waals surface area (Å²) in [5, 5.41) is 3.79. The van der Waals surface area contributed by atoms with Crippen LogP contribution in [0, 0.1) is 5.82 Å². The Morgan fingerprint density at radius 3 is 2.81 bits per heavy atom. The summed E-state index contributed by atoms with van der Waals surface area (Å²) in [6.07, 6.45) is 7.39. The Balaban J connectivity index is 1.90. The second-order valence-corrected chi connectivity index (χ2v) is 7.42. The minimum absolute atomic E-state index is 0.107. The zero-order chi connectivity index (χ0) is 14.9. The molecule has 1 aromatic carbocycles. The van der Waals surface area contributed by atoms with Crippen LogP contribution in [0.15, 0.2) is 22.7 Å². The maximum atomic E-state index is 14.3. The number of nitrogens with one attached hydrogen (secondary N) is 1. The minimum atomic E-state index is -0.107. The molecule has 21 heavy (non-hydrogen) atoms. The van der Waals surface area contributed by atoms with Gasteiger partial charge in [-0.2, -0.15) is 0 Å². The standard InChI is InChI=1S/C17H24BrFN2/c1-2-14-11-20-17(8-4-3-5-9-17)12-21(14)16-10-13(18)6-7-15(16)19/h6-7,10,14,20H,2-5,8-9,11-12H2,1H3. The molecule has 116 valence electrons. The number of halogens is 2. The van der Waals surface area contributed by atoms with Crippen molar-refractivity contribution in [1.29, 1.82) is 0 Å². The Kier molecular flexibility index (Phi) is 4.55. The monoisotopic (exact) mass is 354 g/mol. The fourth-order valence-corrected chi connectivity index (χ4v) is 4.22. The Hall–Kier alpha value is -0.610. The van der Waals surface area contributed by atoms with Crippen LogP contribution >= 0.6 is 15.9 Å². The first-order valence-corrected chi connectivity index (χ1v) is 8.89. The average molecular weight is 355 g/mol. The summed E-state index contributed by atoms with van der Waals surface area (Å²) in [5.74, 6) is -0.107. The van der Waals surface area contributed by atoms with Crippen LogP contribution in [0.5, 0.6) is 0 Å². The van der Waals surface area contributed by atoms with Crippen molar-refractivity contribution in [1.82, 2.24) is 5.32 Å². The van der Waals surface area contributed by atoms with Gasteiger partial charge in [-0.1, -0.05) is 42.1 Å². The van der Waals surface area contributed by atoms with Crippen molar-refractivity contribution in [2.45, 2.75) is 57.0 Å². The number of anilines is 1. The Labute approximate surface area is 135 Å². The molecule has 2 aliphatic rings. The molecule has 1 saturated heterocycles. The van der Waals surface area contributed by atoms with E-state index in [0.29, 0.717) is 6.04 Å². The number of benzene rings is 1. The second-order valence-electron chi connectivity index (χ2n) is 6.51. The molecule has 0 bridgehead atoms. The van der Waals surface area contributed by atoms with Crippen LogP contribution in [-0.4, -0.2) is 24.7 Å². The molecule has 4 heteroatoms. The lowest BCUT2D eigenvalue weighted by Crippen LogP contribution is -2.65. The van der Waals surface area contributed by atoms with Gasteiger partial charge in [-0.05, 0) is 37.5 Å². The van der Waals surface area contributed by atoms with Crippen molar-refractivity contribution in [3.8, 4) is 0 Å². The summed E-state index contributed by atoms with van der Waals surface area (Å²) in [6, 6.07) is 5.65. The van der Waals surface area contributed by atoms with Crippen molar-refractivity contribution in [3.63, 3.8) is 0 Å². The molecule has 1 spiro atoms. The SMILES string of the molecule is CCC1CNC2(CCCCC2)CN1c1cc(Br)ccc1F. The fraction of sp³-hybridized carbons (Fsp3) is 0.647. The fourth-order valence-electron chi connectivity index (χ4n) is 3.87. The highest BCUT2D eigenvalue weighted by molar-refractivity contribution is 9.10. The molecule has 1 heterocycles. The van der Waals surface area contributed by atoms with Gasteiger partial charge in [0.2, 0.25) is 0 Å². The van der Waals surface area contributed by atoms with E-state index in [1.165, 1.54) is 32.1 Å². The minimum Gasteiger partial charge on any atom is -0.363 e. The highest BCUT2D eigenvalue weighted by atomic mass is 79.9. The van der Waals surface area contributed by atoms with E-state index in [0.717, 1.165) is 29.7 Å². The molecular weight excluding hydrogens is 331 g/mol. The molecule has 2 fully saturated rings. The van der Waals surface area contributed by atoms with Gasteiger partial charge < -0.3 is 10.2 Å². The van der Waals surface area contributed by atoms with E-state index >= 15 is 0 Å². The molecule has 0 radical (unpaired) electrons. The van der Waals surface area contributed by atoms with E-state index < -0.39 is 0 Å². The first-order chi connectivity index (χ1) is 10.1. The smallest absolute Gasteiger partial charge is 0.146 e. The van der Waals surface area contributed by atoms with E-state index in [4.69, 9.17) is 0 Å². The number of piperazine rings is 1. The predicted molar refractivity (Wildman–Crippen MR) is 89.3 cm³/mol. The van der Waals surface area contributed by atoms with Crippen LogP contribution in [0.1, 0.15) is 45.4 Å². The van der Waals surface area contributed by atoms with Crippen molar-refractivity contribution in [3.05, 3.63) is 28.5 Å². The van der Waals surface area contributed by atoms with Gasteiger partial charge in [-0.3, -0.25) is 0 Å². The zero-order valence-electron chi connectivity index (χ0n) is 12.7. The van der Waals surface area contributed by atoms with Crippen LogP contribution in [0.4, 0.5) is 10.1 Å². The van der Waals surface area contributed by atoms with Crippen molar-refractivity contribution < 1.29 is 4.39 Å². The molecule has 2 nitrogen and oxygen atoms in total. The van der Waals surface area contributed by atoms with Gasteiger partial charge in [0.25, 0.3) is 0 Å². The van der Waals surface area contributed by atoms with Crippen molar-refractivity contribution in [2.24, 2.45) is 0 Å². The second kappa shape index (κ2) is 6.25. The lowest BCUT2D eigenvalue weighted by Gasteiger charge is -2.50. The summed E-state index contributed by atoms with van der Waals surface area (Å²) >= 11 is 3.48. The maximum absolute atomic E-state index is 14.3. The van der Waals surface area contributed by atoms with Crippen molar-refractivity contribution >= 4 is 21.6 Å². The van der Waals surface area contributed by atoms with Crippen LogP contribution in [0.25, 0.3) is 0 Å². The molecule has 1 atom stereocenters. The Bertz CT molecular complexity index is 500. The molecule has 1 unspecified atom stereocenters. The third kappa shape index (κ3) is 3.11. The molecule has 0 amide bonds. The normalized spacial score (nSPS) is 25.3. The van der Waals surface area contributed by atoms with E-state index in [1.807, 2.05) is 6.07 Å². The Morgan fingerprint density at radius 1 is 1.33 bits per heavy atom. The van der Waals surface area contributed by atoms with Gasteiger partial charge in [-0.25, -0.2) is 4.39 Å². The summed E-state index contributed by atoms with van der Waals surface area (Å²) in [4.78, 5) is 2.31. The van der Waals surface area contributed by atoms with Gasteiger partial charge in [0.05, 0.1) is 5.69 Å². The molecular formula is C17H24BrFN2. The lowest BCUT2D eigenvalue weighted by molar-refractivity contribution is 0.195. The molecule has 1 aliphatic heterocycles. The molecule has 0 aromatic heterocycles. The zero-order valence-corrected chi connectivity index (χ0v) is 14.3. The Morgan fingerprint density at radius 2 is 2.10 bits per heavy atom.